The standard InChI is InChI=1S/C24H31N5O8S/c1-27-6-2-3-16(27)22(33)26-15-8-18(24(36)37)29(10-15)20(31)12-38-11-19(30)28-9-14(7-17(28)23(34)35)25-21(32)13-4-5-13/h2-3,6,13-15,17-18H,4-5,7-12H2,1H3,(H,25,32)(H,26,33)(H,34,35)(H,36,37)/p-2/t14-,15-,17-,18-/m0/s1. The second-order valence-corrected chi connectivity index (χ2v) is 10.9. The van der Waals surface area contributed by atoms with Crippen LogP contribution >= 0.6 is 11.8 Å². The van der Waals surface area contributed by atoms with Crippen molar-refractivity contribution < 1.29 is 39.0 Å². The summed E-state index contributed by atoms with van der Waals surface area (Å²) >= 11 is 0.929. The molecule has 4 atom stereocenters. The number of hydrogen-bond donors (Lipinski definition) is 2. The van der Waals surface area contributed by atoms with Crippen LogP contribution in [0.2, 0.25) is 0 Å². The Morgan fingerprint density at radius 3 is 1.87 bits per heavy atom. The van der Waals surface area contributed by atoms with E-state index < -0.39 is 53.8 Å². The molecular formula is C24H29N5O8S-2. The molecule has 38 heavy (non-hydrogen) atoms. The molecule has 1 aromatic rings. The first-order valence-electron chi connectivity index (χ1n) is 12.4. The maximum atomic E-state index is 12.8. The van der Waals surface area contributed by atoms with Crippen molar-refractivity contribution in [1.82, 2.24) is 25.0 Å². The molecule has 0 spiro atoms. The summed E-state index contributed by atoms with van der Waals surface area (Å²) in [5, 5.41) is 28.8. The average Bonchev–Trinajstić information content (AvgIpc) is 3.26. The number of hydrogen-bond acceptors (Lipinski definition) is 9. The van der Waals surface area contributed by atoms with Crippen molar-refractivity contribution in [1.29, 1.82) is 0 Å². The van der Waals surface area contributed by atoms with Gasteiger partial charge >= 0.3 is 0 Å². The van der Waals surface area contributed by atoms with Crippen LogP contribution in [-0.4, -0.2) is 98.7 Å². The number of rotatable bonds is 10. The van der Waals surface area contributed by atoms with E-state index in [1.165, 1.54) is 0 Å². The molecule has 2 aliphatic heterocycles. The number of amides is 4. The third-order valence-electron chi connectivity index (χ3n) is 7.04. The van der Waals surface area contributed by atoms with Gasteiger partial charge in [0.2, 0.25) is 17.7 Å². The molecule has 0 bridgehead atoms. The van der Waals surface area contributed by atoms with E-state index in [2.05, 4.69) is 10.6 Å². The van der Waals surface area contributed by atoms with Gasteiger partial charge in [0.15, 0.2) is 0 Å². The lowest BCUT2D eigenvalue weighted by molar-refractivity contribution is -0.311. The van der Waals surface area contributed by atoms with E-state index in [-0.39, 0.29) is 49.3 Å². The molecule has 0 aromatic carbocycles. The Balaban J connectivity index is 1.28. The van der Waals surface area contributed by atoms with Crippen molar-refractivity contribution in [2.45, 2.75) is 49.9 Å². The van der Waals surface area contributed by atoms with Gasteiger partial charge in [-0.1, -0.05) is 0 Å². The topological polar surface area (TPSA) is 184 Å². The molecule has 3 aliphatic rings. The lowest BCUT2D eigenvalue weighted by atomic mass is 10.1. The number of aryl methyl sites for hydroxylation is 1. The zero-order chi connectivity index (χ0) is 27.6. The van der Waals surface area contributed by atoms with Crippen LogP contribution in [0.1, 0.15) is 36.2 Å². The van der Waals surface area contributed by atoms with Crippen molar-refractivity contribution in [2.24, 2.45) is 13.0 Å². The first-order chi connectivity index (χ1) is 18.0. The quantitative estimate of drug-likeness (QED) is 0.299. The Kier molecular flexibility index (Phi) is 8.29. The van der Waals surface area contributed by atoms with Gasteiger partial charge in [-0.25, -0.2) is 0 Å². The van der Waals surface area contributed by atoms with Crippen LogP contribution in [0.5, 0.6) is 0 Å². The number of nitrogens with one attached hydrogen (secondary N) is 2. The molecule has 0 unspecified atom stereocenters. The van der Waals surface area contributed by atoms with E-state index in [0.29, 0.717) is 5.69 Å². The zero-order valence-corrected chi connectivity index (χ0v) is 21.6. The first-order valence-corrected chi connectivity index (χ1v) is 13.5. The minimum absolute atomic E-state index is 0.0110. The van der Waals surface area contributed by atoms with Gasteiger partial charge in [-0.2, -0.15) is 0 Å². The summed E-state index contributed by atoms with van der Waals surface area (Å²) in [7, 11) is 1.70. The molecule has 2 N–H and O–H groups in total. The maximum Gasteiger partial charge on any atom is 0.268 e. The number of aromatic nitrogens is 1. The fourth-order valence-electron chi connectivity index (χ4n) is 4.89. The number of carbonyl (C=O) groups is 6. The molecule has 1 aliphatic carbocycles. The number of carbonyl (C=O) groups excluding carboxylic acids is 6. The highest BCUT2D eigenvalue weighted by Crippen LogP contribution is 2.30. The maximum absolute atomic E-state index is 12.8. The monoisotopic (exact) mass is 547 g/mol. The summed E-state index contributed by atoms with van der Waals surface area (Å²) in [6, 6.07) is -0.174. The fourth-order valence-corrected chi connectivity index (χ4v) is 5.67. The van der Waals surface area contributed by atoms with Crippen LogP contribution in [0, 0.1) is 5.92 Å². The Morgan fingerprint density at radius 2 is 1.42 bits per heavy atom. The second kappa shape index (κ2) is 11.5. The number of carboxylic acids is 2. The van der Waals surface area contributed by atoms with E-state index in [0.717, 1.165) is 34.4 Å². The zero-order valence-electron chi connectivity index (χ0n) is 20.8. The molecule has 14 heteroatoms. The van der Waals surface area contributed by atoms with Crippen LogP contribution in [0.3, 0.4) is 0 Å². The van der Waals surface area contributed by atoms with Crippen molar-refractivity contribution in [2.75, 3.05) is 24.6 Å². The highest BCUT2D eigenvalue weighted by Gasteiger charge is 2.40. The van der Waals surface area contributed by atoms with Crippen molar-refractivity contribution in [3.63, 3.8) is 0 Å². The Bertz CT molecular complexity index is 1130. The summed E-state index contributed by atoms with van der Waals surface area (Å²) in [5.74, 6) is -4.95. The van der Waals surface area contributed by atoms with E-state index in [1.54, 1.807) is 29.9 Å². The Labute approximate surface area is 222 Å². The third kappa shape index (κ3) is 6.29. The molecular weight excluding hydrogens is 518 g/mol. The molecule has 2 saturated heterocycles. The Morgan fingerprint density at radius 1 is 0.895 bits per heavy atom. The van der Waals surface area contributed by atoms with Gasteiger partial charge in [-0.15, -0.1) is 11.8 Å². The molecule has 0 radical (unpaired) electrons. The lowest BCUT2D eigenvalue weighted by Gasteiger charge is -2.26. The van der Waals surface area contributed by atoms with Crippen molar-refractivity contribution in [3.05, 3.63) is 24.0 Å². The van der Waals surface area contributed by atoms with Gasteiger partial charge in [0.05, 0.1) is 35.5 Å². The number of nitrogens with zero attached hydrogens (tertiary/aromatic N) is 3. The van der Waals surface area contributed by atoms with Gasteiger partial charge in [0.1, 0.15) is 5.69 Å². The fraction of sp³-hybridized carbons (Fsp3) is 0.583. The van der Waals surface area contributed by atoms with Crippen molar-refractivity contribution >= 4 is 47.3 Å². The smallest absolute Gasteiger partial charge is 0.268 e. The highest BCUT2D eigenvalue weighted by molar-refractivity contribution is 8.00. The largest absolute Gasteiger partial charge is 0.548 e. The van der Waals surface area contributed by atoms with E-state index in [1.807, 2.05) is 0 Å². The molecule has 1 saturated carbocycles. The predicted molar refractivity (Wildman–Crippen MR) is 129 cm³/mol. The highest BCUT2D eigenvalue weighted by atomic mass is 32.2. The van der Waals surface area contributed by atoms with E-state index in [9.17, 15) is 39.0 Å². The minimum atomic E-state index is -1.44. The summed E-state index contributed by atoms with van der Waals surface area (Å²) in [4.78, 5) is 75.6. The first kappa shape index (κ1) is 27.5. The van der Waals surface area contributed by atoms with Crippen LogP contribution in [0.15, 0.2) is 18.3 Å². The summed E-state index contributed by atoms with van der Waals surface area (Å²) in [6.45, 7) is 0.00918. The van der Waals surface area contributed by atoms with Crippen LogP contribution in [-0.2, 0) is 31.0 Å². The third-order valence-corrected chi connectivity index (χ3v) is 7.95. The predicted octanol–water partition coefficient (Wildman–Crippen LogP) is -3.55. The molecule has 13 nitrogen and oxygen atoms in total. The van der Waals surface area contributed by atoms with E-state index in [4.69, 9.17) is 0 Å². The van der Waals surface area contributed by atoms with E-state index >= 15 is 0 Å². The molecule has 3 fully saturated rings. The van der Waals surface area contributed by atoms with Gasteiger partial charge in [-0.3, -0.25) is 19.2 Å². The van der Waals surface area contributed by atoms with Crippen LogP contribution in [0.25, 0.3) is 0 Å². The number of likely N-dealkylation sites (tertiary alicyclic amines) is 2. The van der Waals surface area contributed by atoms with Crippen LogP contribution < -0.4 is 20.8 Å². The summed E-state index contributed by atoms with van der Waals surface area (Å²) in [5.41, 5.74) is 0.389. The minimum Gasteiger partial charge on any atom is -0.548 e. The lowest BCUT2D eigenvalue weighted by Crippen LogP contribution is -2.48. The molecule has 206 valence electrons. The van der Waals surface area contributed by atoms with Gasteiger partial charge in [-0.05, 0) is 37.8 Å². The summed E-state index contributed by atoms with van der Waals surface area (Å²) < 4.78 is 1.62. The summed E-state index contributed by atoms with van der Waals surface area (Å²) in [6.07, 6.45) is 3.33. The second-order valence-electron chi connectivity index (χ2n) is 9.88. The average molecular weight is 548 g/mol. The van der Waals surface area contributed by atoms with Crippen LogP contribution in [0.4, 0.5) is 0 Å². The molecule has 1 aromatic heterocycles. The van der Waals surface area contributed by atoms with Gasteiger partial charge < -0.3 is 44.8 Å². The van der Waals surface area contributed by atoms with Crippen molar-refractivity contribution in [3.8, 4) is 0 Å². The number of aliphatic carboxylic acids is 2. The SMILES string of the molecule is Cn1cccc1C(=O)N[C@H]1C[C@@H](C(=O)[O-])N(C(=O)CSCC(=O)N2C[C@@H](NC(=O)C3CC3)C[C@H]2C(=O)[O-])C1. The molecule has 4 rings (SSSR count). The number of thioether (sulfide) groups is 1. The van der Waals surface area contributed by atoms with Gasteiger partial charge in [0, 0.05) is 44.3 Å². The Hall–Kier alpha value is -3.55. The normalized spacial score (nSPS) is 24.8. The van der Waals surface area contributed by atoms with Gasteiger partial charge in [0.25, 0.3) is 5.91 Å². The molecule has 4 amide bonds. The molecule has 3 heterocycles. The number of carboxylic acid groups (broad SMARTS) is 2.